The molecule has 73 valence electrons. The van der Waals surface area contributed by atoms with Gasteiger partial charge in [0.15, 0.2) is 6.29 Å². The van der Waals surface area contributed by atoms with Crippen molar-refractivity contribution in [2.45, 2.75) is 59.4 Å². The summed E-state index contributed by atoms with van der Waals surface area (Å²) < 4.78 is 10.8. The Kier molecular flexibility index (Phi) is 7.51. The molecule has 1 radical (unpaired) electrons. The van der Waals surface area contributed by atoms with Crippen molar-refractivity contribution in [3.05, 3.63) is 6.61 Å². The van der Waals surface area contributed by atoms with E-state index in [1.54, 1.807) is 6.61 Å². The molecule has 0 saturated carbocycles. The smallest absolute Gasteiger partial charge is 0.158 e. The molecule has 0 aromatic rings. The van der Waals surface area contributed by atoms with Crippen molar-refractivity contribution in [3.63, 3.8) is 0 Å². The van der Waals surface area contributed by atoms with Gasteiger partial charge in [-0.05, 0) is 33.6 Å². The molecular weight excluding hydrogens is 152 g/mol. The normalized spacial score (nSPS) is 13.8. The van der Waals surface area contributed by atoms with Crippen molar-refractivity contribution < 1.29 is 9.47 Å². The van der Waals surface area contributed by atoms with E-state index in [9.17, 15) is 0 Å². The molecule has 0 aliphatic rings. The van der Waals surface area contributed by atoms with Crippen LogP contribution in [0.2, 0.25) is 0 Å². The molecule has 12 heavy (non-hydrogen) atoms. The van der Waals surface area contributed by atoms with Crippen LogP contribution in [0.1, 0.15) is 47.0 Å². The van der Waals surface area contributed by atoms with Crippen molar-refractivity contribution in [3.8, 4) is 0 Å². The third-order valence-corrected chi connectivity index (χ3v) is 1.51. The first kappa shape index (κ1) is 11.9. The quantitative estimate of drug-likeness (QED) is 0.551. The Morgan fingerprint density at radius 3 is 2.42 bits per heavy atom. The van der Waals surface area contributed by atoms with Crippen LogP contribution in [-0.2, 0) is 9.47 Å². The van der Waals surface area contributed by atoms with Gasteiger partial charge >= 0.3 is 0 Å². The third kappa shape index (κ3) is 6.62. The van der Waals surface area contributed by atoms with E-state index < -0.39 is 0 Å². The summed E-state index contributed by atoms with van der Waals surface area (Å²) in [5.74, 6) is 0. The molecule has 0 aliphatic heterocycles. The number of ether oxygens (including phenoxy) is 2. The van der Waals surface area contributed by atoms with Crippen molar-refractivity contribution in [1.29, 1.82) is 0 Å². The molecule has 1 unspecified atom stereocenters. The van der Waals surface area contributed by atoms with Crippen molar-refractivity contribution >= 4 is 0 Å². The molecule has 0 aromatic heterocycles. The van der Waals surface area contributed by atoms with Crippen LogP contribution in [-0.4, -0.2) is 12.4 Å². The van der Waals surface area contributed by atoms with Gasteiger partial charge in [0.1, 0.15) is 0 Å². The lowest BCUT2D eigenvalue weighted by atomic mass is 10.2. The maximum Gasteiger partial charge on any atom is 0.158 e. The highest BCUT2D eigenvalue weighted by atomic mass is 16.7. The first-order chi connectivity index (χ1) is 5.70. The van der Waals surface area contributed by atoms with Crippen LogP contribution in [0.5, 0.6) is 0 Å². The summed E-state index contributed by atoms with van der Waals surface area (Å²) in [5.41, 5.74) is 0. The summed E-state index contributed by atoms with van der Waals surface area (Å²) in [6.45, 7) is 9.80. The fourth-order valence-corrected chi connectivity index (χ4v) is 0.994. The van der Waals surface area contributed by atoms with Crippen LogP contribution in [0.25, 0.3) is 0 Å². The highest BCUT2D eigenvalue weighted by Crippen LogP contribution is 2.09. The van der Waals surface area contributed by atoms with Gasteiger partial charge in [-0.3, -0.25) is 0 Å². The number of unbranched alkanes of at least 4 members (excludes halogenated alkanes) is 1. The summed E-state index contributed by atoms with van der Waals surface area (Å²) in [6.07, 6.45) is 3.52. The summed E-state index contributed by atoms with van der Waals surface area (Å²) in [6, 6.07) is 0. The molecule has 0 heterocycles. The molecule has 0 spiro atoms. The Morgan fingerprint density at radius 1 is 1.33 bits per heavy atom. The van der Waals surface area contributed by atoms with E-state index in [1.807, 2.05) is 20.8 Å². The Bertz CT molecular complexity index is 91.8. The largest absolute Gasteiger partial charge is 0.350 e. The Balaban J connectivity index is 3.54. The van der Waals surface area contributed by atoms with Crippen LogP contribution >= 0.6 is 0 Å². The minimum atomic E-state index is -0.0463. The number of hydrogen-bond acceptors (Lipinski definition) is 2. The predicted molar refractivity (Wildman–Crippen MR) is 50.6 cm³/mol. The Morgan fingerprint density at radius 2 is 2.00 bits per heavy atom. The summed E-state index contributed by atoms with van der Waals surface area (Å²) in [7, 11) is 0. The zero-order valence-corrected chi connectivity index (χ0v) is 8.67. The van der Waals surface area contributed by atoms with Gasteiger partial charge in [0, 0.05) is 0 Å². The minimum absolute atomic E-state index is 0.0463. The molecule has 0 N–H and O–H groups in total. The van der Waals surface area contributed by atoms with Gasteiger partial charge in [-0.25, -0.2) is 0 Å². The molecule has 0 aliphatic carbocycles. The van der Waals surface area contributed by atoms with E-state index in [0.29, 0.717) is 0 Å². The molecular formula is C10H21O2. The standard InChI is InChI=1S/C10H21O2/c1-5-7-8-10(11-6-2)12-9(3)4/h6,9-10H,5,7-8H2,1-4H3. The van der Waals surface area contributed by atoms with Crippen LogP contribution in [0.15, 0.2) is 0 Å². The van der Waals surface area contributed by atoms with E-state index in [0.717, 1.165) is 12.8 Å². The molecule has 2 nitrogen and oxygen atoms in total. The lowest BCUT2D eigenvalue weighted by molar-refractivity contribution is -0.146. The molecule has 1 atom stereocenters. The average molecular weight is 173 g/mol. The highest BCUT2D eigenvalue weighted by Gasteiger charge is 2.09. The van der Waals surface area contributed by atoms with E-state index in [-0.39, 0.29) is 12.4 Å². The second-order valence-corrected chi connectivity index (χ2v) is 3.13. The molecule has 0 bridgehead atoms. The van der Waals surface area contributed by atoms with Crippen LogP contribution < -0.4 is 0 Å². The molecule has 0 aromatic carbocycles. The van der Waals surface area contributed by atoms with Crippen molar-refractivity contribution in [2.24, 2.45) is 0 Å². The van der Waals surface area contributed by atoms with Crippen molar-refractivity contribution in [1.82, 2.24) is 0 Å². The van der Waals surface area contributed by atoms with Gasteiger partial charge < -0.3 is 9.47 Å². The van der Waals surface area contributed by atoms with Gasteiger partial charge in [0.25, 0.3) is 0 Å². The third-order valence-electron chi connectivity index (χ3n) is 1.51. The van der Waals surface area contributed by atoms with Crippen LogP contribution in [0, 0.1) is 6.61 Å². The van der Waals surface area contributed by atoms with Gasteiger partial charge in [0.2, 0.25) is 0 Å². The summed E-state index contributed by atoms with van der Waals surface area (Å²) in [4.78, 5) is 0. The molecule has 0 saturated heterocycles. The van der Waals surface area contributed by atoms with Gasteiger partial charge in [-0.15, -0.1) is 0 Å². The minimum Gasteiger partial charge on any atom is -0.350 e. The predicted octanol–water partition coefficient (Wildman–Crippen LogP) is 3.13. The van der Waals surface area contributed by atoms with Crippen LogP contribution in [0.4, 0.5) is 0 Å². The highest BCUT2D eigenvalue weighted by molar-refractivity contribution is 4.50. The second-order valence-electron chi connectivity index (χ2n) is 3.13. The fraction of sp³-hybridized carbons (Fsp3) is 0.900. The van der Waals surface area contributed by atoms with Crippen molar-refractivity contribution in [2.75, 3.05) is 0 Å². The maximum atomic E-state index is 5.54. The Labute approximate surface area is 76.3 Å². The van der Waals surface area contributed by atoms with Crippen LogP contribution in [0.3, 0.4) is 0 Å². The molecule has 0 rings (SSSR count). The van der Waals surface area contributed by atoms with Gasteiger partial charge in [-0.1, -0.05) is 13.3 Å². The van der Waals surface area contributed by atoms with Gasteiger partial charge in [0.05, 0.1) is 12.7 Å². The average Bonchev–Trinajstić information content (AvgIpc) is 2.00. The fourth-order valence-electron chi connectivity index (χ4n) is 0.994. The SMILES string of the molecule is C[CH]OC(CCCC)OC(C)C. The topological polar surface area (TPSA) is 18.5 Å². The molecule has 0 amide bonds. The van der Waals surface area contributed by atoms with E-state index in [2.05, 4.69) is 6.92 Å². The Hall–Kier alpha value is -0.0800. The van der Waals surface area contributed by atoms with E-state index >= 15 is 0 Å². The molecule has 0 fully saturated rings. The summed E-state index contributed by atoms with van der Waals surface area (Å²) >= 11 is 0. The summed E-state index contributed by atoms with van der Waals surface area (Å²) in [5, 5.41) is 0. The second kappa shape index (κ2) is 7.56. The monoisotopic (exact) mass is 173 g/mol. The molecule has 2 heteroatoms. The van der Waals surface area contributed by atoms with E-state index in [4.69, 9.17) is 9.47 Å². The lowest BCUT2D eigenvalue weighted by Crippen LogP contribution is -2.19. The maximum absolute atomic E-state index is 5.54. The lowest BCUT2D eigenvalue weighted by Gasteiger charge is -2.19. The number of hydrogen-bond donors (Lipinski definition) is 0. The first-order valence-corrected chi connectivity index (χ1v) is 4.79. The zero-order valence-electron chi connectivity index (χ0n) is 8.67. The van der Waals surface area contributed by atoms with Gasteiger partial charge in [-0.2, -0.15) is 0 Å². The number of rotatable bonds is 7. The zero-order chi connectivity index (χ0) is 9.40. The van der Waals surface area contributed by atoms with E-state index in [1.165, 1.54) is 6.42 Å². The first-order valence-electron chi connectivity index (χ1n) is 4.79.